The molecular weight excluding hydrogens is 405 g/mol. The molecule has 0 saturated heterocycles. The van der Waals surface area contributed by atoms with Crippen LogP contribution in [0.1, 0.15) is 65.2 Å². The van der Waals surface area contributed by atoms with E-state index in [2.05, 4.69) is 20.5 Å². The van der Waals surface area contributed by atoms with E-state index in [1.807, 2.05) is 6.92 Å². The molecule has 3 atom stereocenters. The van der Waals surface area contributed by atoms with Crippen molar-refractivity contribution < 1.29 is 32.3 Å². The highest BCUT2D eigenvalue weighted by molar-refractivity contribution is 5.91. The van der Waals surface area contributed by atoms with Crippen molar-refractivity contribution >= 4 is 24.2 Å². The van der Waals surface area contributed by atoms with Gasteiger partial charge in [0, 0.05) is 13.5 Å². The molecular formula is C19H31F3N4O4. The summed E-state index contributed by atoms with van der Waals surface area (Å²) < 4.78 is 41.9. The van der Waals surface area contributed by atoms with Gasteiger partial charge in [-0.3, -0.25) is 14.6 Å². The highest BCUT2D eigenvalue weighted by atomic mass is 19.4. The number of aliphatic imine (C=N–C) groups is 1. The number of carbonyl (C=O) groups excluding carboxylic acids is 3. The van der Waals surface area contributed by atoms with E-state index in [1.165, 1.54) is 13.3 Å². The standard InChI is InChI=1S/C19H31F3N4O4/c1-3-14(5-4-10-24-13(2)27)6-8-18(9-7-15(11-18)25-12-26-23)16(28)30-17(29)19(20,21)22/h12,14-15H,3-11,23H2,1-2H3,(H,24,27)(H,25,26). The second-order valence-electron chi connectivity index (χ2n) is 7.73. The van der Waals surface area contributed by atoms with Gasteiger partial charge in [-0.25, -0.2) is 10.6 Å². The molecule has 1 saturated carbocycles. The van der Waals surface area contributed by atoms with E-state index in [9.17, 15) is 27.6 Å². The molecule has 30 heavy (non-hydrogen) atoms. The number of esters is 2. The van der Waals surface area contributed by atoms with Crippen molar-refractivity contribution in [1.82, 2.24) is 10.7 Å². The Kier molecular flexibility index (Phi) is 10.2. The molecule has 1 aliphatic rings. The number of nitrogens with zero attached hydrogens (tertiary/aromatic N) is 1. The van der Waals surface area contributed by atoms with E-state index in [-0.39, 0.29) is 30.7 Å². The number of amides is 1. The molecule has 0 aromatic heterocycles. The second-order valence-corrected chi connectivity index (χ2v) is 7.73. The lowest BCUT2D eigenvalue weighted by molar-refractivity contribution is -0.205. The lowest BCUT2D eigenvalue weighted by Gasteiger charge is -2.28. The molecule has 1 amide bonds. The minimum Gasteiger partial charge on any atom is -0.386 e. The van der Waals surface area contributed by atoms with Crippen LogP contribution >= 0.6 is 0 Å². The van der Waals surface area contributed by atoms with Gasteiger partial charge >= 0.3 is 18.1 Å². The number of halogens is 3. The normalized spacial score (nSPS) is 22.7. The minimum atomic E-state index is -5.23. The second kappa shape index (κ2) is 11.9. The first kappa shape index (κ1) is 25.9. The van der Waals surface area contributed by atoms with Crippen LogP contribution in [0.4, 0.5) is 13.2 Å². The SMILES string of the molecule is CCC(CCCNC(C)=O)CCC1(C(=O)OC(=O)C(F)(F)F)CCC(N=CNN)C1. The third kappa shape index (κ3) is 8.29. The Morgan fingerprint density at radius 3 is 2.60 bits per heavy atom. The third-order valence-corrected chi connectivity index (χ3v) is 5.56. The molecule has 172 valence electrons. The summed E-state index contributed by atoms with van der Waals surface area (Å²) in [6, 6.07) is -0.297. The molecule has 0 bridgehead atoms. The molecule has 0 radical (unpaired) electrons. The summed E-state index contributed by atoms with van der Waals surface area (Å²) in [5.41, 5.74) is 1.07. The van der Waals surface area contributed by atoms with Gasteiger partial charge in [-0.15, -0.1) is 0 Å². The van der Waals surface area contributed by atoms with Crippen LogP contribution in [0.2, 0.25) is 0 Å². The number of rotatable bonds is 11. The van der Waals surface area contributed by atoms with E-state index in [4.69, 9.17) is 5.84 Å². The fourth-order valence-electron chi connectivity index (χ4n) is 3.83. The number of alkyl halides is 3. The summed E-state index contributed by atoms with van der Waals surface area (Å²) in [6.07, 6.45) is 0.284. The van der Waals surface area contributed by atoms with Gasteiger partial charge in [-0.05, 0) is 50.9 Å². The average Bonchev–Trinajstić information content (AvgIpc) is 3.09. The predicted molar refractivity (Wildman–Crippen MR) is 104 cm³/mol. The molecule has 8 nitrogen and oxygen atoms in total. The van der Waals surface area contributed by atoms with Gasteiger partial charge in [-0.2, -0.15) is 13.2 Å². The highest BCUT2D eigenvalue weighted by Crippen LogP contribution is 2.46. The first-order valence-electron chi connectivity index (χ1n) is 10.1. The maximum Gasteiger partial charge on any atom is 0.491 e. The van der Waals surface area contributed by atoms with Crippen molar-refractivity contribution in [3.63, 3.8) is 0 Å². The van der Waals surface area contributed by atoms with E-state index >= 15 is 0 Å². The monoisotopic (exact) mass is 436 g/mol. The third-order valence-electron chi connectivity index (χ3n) is 5.56. The zero-order chi connectivity index (χ0) is 22.8. The maximum absolute atomic E-state index is 12.6. The first-order valence-corrected chi connectivity index (χ1v) is 10.1. The van der Waals surface area contributed by atoms with Crippen LogP contribution in [0.5, 0.6) is 0 Å². The van der Waals surface area contributed by atoms with Crippen LogP contribution < -0.4 is 16.6 Å². The van der Waals surface area contributed by atoms with Crippen molar-refractivity contribution in [3.8, 4) is 0 Å². The molecule has 0 aromatic carbocycles. The van der Waals surface area contributed by atoms with Crippen LogP contribution in [-0.2, 0) is 19.1 Å². The van der Waals surface area contributed by atoms with Crippen LogP contribution in [0.15, 0.2) is 4.99 Å². The number of carbonyl (C=O) groups is 3. The molecule has 0 aliphatic heterocycles. The van der Waals surface area contributed by atoms with Crippen LogP contribution in [0.25, 0.3) is 0 Å². The number of nitrogens with two attached hydrogens (primary N) is 1. The van der Waals surface area contributed by atoms with Gasteiger partial charge in [0.25, 0.3) is 0 Å². The Morgan fingerprint density at radius 2 is 2.03 bits per heavy atom. The van der Waals surface area contributed by atoms with Crippen molar-refractivity contribution in [2.75, 3.05) is 6.54 Å². The first-order chi connectivity index (χ1) is 14.0. The van der Waals surface area contributed by atoms with Crippen LogP contribution in [0, 0.1) is 11.3 Å². The Labute approximate surface area is 174 Å². The molecule has 3 unspecified atom stereocenters. The fourth-order valence-corrected chi connectivity index (χ4v) is 3.83. The zero-order valence-electron chi connectivity index (χ0n) is 17.4. The van der Waals surface area contributed by atoms with Gasteiger partial charge in [0.2, 0.25) is 5.91 Å². The molecule has 0 aromatic rings. The van der Waals surface area contributed by atoms with Gasteiger partial charge in [0.1, 0.15) is 0 Å². The fraction of sp³-hybridized carbons (Fsp3) is 0.789. The number of nitrogens with one attached hydrogen (secondary N) is 2. The summed E-state index contributed by atoms with van der Waals surface area (Å²) in [5, 5.41) is 2.72. The largest absolute Gasteiger partial charge is 0.491 e. The lowest BCUT2D eigenvalue weighted by atomic mass is 9.78. The van der Waals surface area contributed by atoms with Crippen molar-refractivity contribution in [2.45, 2.75) is 77.4 Å². The predicted octanol–water partition coefficient (Wildman–Crippen LogP) is 2.37. The number of hydrogen-bond acceptors (Lipinski definition) is 6. The van der Waals surface area contributed by atoms with Gasteiger partial charge in [-0.1, -0.05) is 13.3 Å². The molecule has 1 aliphatic carbocycles. The molecule has 1 fully saturated rings. The molecule has 11 heteroatoms. The van der Waals surface area contributed by atoms with Crippen molar-refractivity contribution in [2.24, 2.45) is 22.2 Å². The topological polar surface area (TPSA) is 123 Å². The Morgan fingerprint density at radius 1 is 1.33 bits per heavy atom. The zero-order valence-corrected chi connectivity index (χ0v) is 17.4. The molecule has 0 spiro atoms. The van der Waals surface area contributed by atoms with Crippen molar-refractivity contribution in [1.29, 1.82) is 0 Å². The summed E-state index contributed by atoms with van der Waals surface area (Å²) in [5.74, 6) is 1.64. The molecule has 1 rings (SSSR count). The number of hydrogen-bond donors (Lipinski definition) is 3. The summed E-state index contributed by atoms with van der Waals surface area (Å²) in [4.78, 5) is 38.9. The molecule has 4 N–H and O–H groups in total. The minimum absolute atomic E-state index is 0.108. The van der Waals surface area contributed by atoms with Gasteiger partial charge in [0.15, 0.2) is 0 Å². The quantitative estimate of drug-likeness (QED) is 0.0869. The average molecular weight is 436 g/mol. The highest BCUT2D eigenvalue weighted by Gasteiger charge is 2.50. The van der Waals surface area contributed by atoms with Gasteiger partial charge < -0.3 is 15.5 Å². The van der Waals surface area contributed by atoms with E-state index in [1.54, 1.807) is 0 Å². The summed E-state index contributed by atoms with van der Waals surface area (Å²) in [6.45, 7) is 3.98. The Balaban J connectivity index is 2.81. The van der Waals surface area contributed by atoms with Gasteiger partial charge in [0.05, 0.1) is 17.8 Å². The maximum atomic E-state index is 12.6. The number of ether oxygens (including phenoxy) is 1. The summed E-state index contributed by atoms with van der Waals surface area (Å²) in [7, 11) is 0. The van der Waals surface area contributed by atoms with Crippen LogP contribution in [0.3, 0.4) is 0 Å². The van der Waals surface area contributed by atoms with E-state index in [0.29, 0.717) is 25.8 Å². The van der Waals surface area contributed by atoms with E-state index in [0.717, 1.165) is 19.3 Å². The summed E-state index contributed by atoms with van der Waals surface area (Å²) >= 11 is 0. The van der Waals surface area contributed by atoms with E-state index < -0.39 is 23.5 Å². The number of hydrazine groups is 1. The lowest BCUT2D eigenvalue weighted by Crippen LogP contribution is -2.37. The smallest absolute Gasteiger partial charge is 0.386 e. The Hall–Kier alpha value is -2.17. The Bertz CT molecular complexity index is 627. The van der Waals surface area contributed by atoms with Crippen molar-refractivity contribution in [3.05, 3.63) is 0 Å². The molecule has 0 heterocycles. The van der Waals surface area contributed by atoms with Crippen LogP contribution in [-0.4, -0.2) is 42.9 Å².